The average Bonchev–Trinajstić information content (AvgIpc) is 2.57. The fourth-order valence-electron chi connectivity index (χ4n) is 1.50. The number of fused-ring (bicyclic) bond motifs is 1. The molecule has 6 nitrogen and oxygen atoms in total. The quantitative estimate of drug-likeness (QED) is 0.693. The highest BCUT2D eigenvalue weighted by atomic mass is 16.4. The predicted molar refractivity (Wildman–Crippen MR) is 54.3 cm³/mol. The minimum Gasteiger partial charge on any atom is -0.481 e. The summed E-state index contributed by atoms with van der Waals surface area (Å²) in [5, 5.41) is 17.8. The molecule has 0 aliphatic carbocycles. The first-order valence-corrected chi connectivity index (χ1v) is 4.58. The Hall–Kier alpha value is -2.08. The molecule has 0 aliphatic heterocycles. The number of nitrogens with one attached hydrogen (secondary N) is 1. The molecule has 2 rings (SSSR count). The van der Waals surface area contributed by atoms with Crippen LogP contribution in [-0.4, -0.2) is 27.8 Å². The molecule has 1 unspecified atom stereocenters. The smallest absolute Gasteiger partial charge is 0.417 e. The molecule has 1 aromatic heterocycles. The molecule has 84 valence electrons. The van der Waals surface area contributed by atoms with E-state index < -0.39 is 24.3 Å². The maximum atomic E-state index is 10.9. The lowest BCUT2D eigenvalue weighted by molar-refractivity contribution is -0.139. The Labute approximate surface area is 89.1 Å². The maximum Gasteiger partial charge on any atom is 0.417 e. The van der Waals surface area contributed by atoms with Crippen molar-refractivity contribution >= 4 is 17.1 Å². The van der Waals surface area contributed by atoms with E-state index in [4.69, 9.17) is 14.6 Å². The number of hydrogen-bond acceptors (Lipinski definition) is 4. The number of aromatic nitrogens is 1. The van der Waals surface area contributed by atoms with Crippen LogP contribution in [-0.2, 0) is 4.79 Å². The number of rotatable bonds is 3. The van der Waals surface area contributed by atoms with Crippen LogP contribution in [0.1, 0.15) is 11.5 Å². The van der Waals surface area contributed by atoms with Crippen LogP contribution in [0.15, 0.2) is 27.4 Å². The molecular weight excluding hydrogens is 214 g/mol. The van der Waals surface area contributed by atoms with Crippen LogP contribution in [0.2, 0.25) is 0 Å². The Balaban J connectivity index is 2.53. The summed E-state index contributed by atoms with van der Waals surface area (Å²) in [7, 11) is 0. The zero-order chi connectivity index (χ0) is 11.7. The molecule has 2 aromatic rings. The highest BCUT2D eigenvalue weighted by molar-refractivity contribution is 5.79. The van der Waals surface area contributed by atoms with Crippen LogP contribution >= 0.6 is 0 Å². The van der Waals surface area contributed by atoms with E-state index in [1.54, 1.807) is 6.07 Å². The molecule has 6 heteroatoms. The lowest BCUT2D eigenvalue weighted by Gasteiger charge is -2.08. The van der Waals surface area contributed by atoms with Crippen molar-refractivity contribution in [2.75, 3.05) is 6.61 Å². The van der Waals surface area contributed by atoms with Gasteiger partial charge in [0, 0.05) is 0 Å². The highest BCUT2D eigenvalue weighted by Crippen LogP contribution is 2.20. The van der Waals surface area contributed by atoms with Gasteiger partial charge in [0.1, 0.15) is 5.92 Å². The minimum atomic E-state index is -1.13. The SMILES string of the molecule is O=C(O)C(CO)c1ccc2[nH]c(=O)oc2c1. The zero-order valence-corrected chi connectivity index (χ0v) is 8.14. The number of aliphatic carboxylic acids is 1. The molecule has 0 aliphatic rings. The lowest BCUT2D eigenvalue weighted by atomic mass is 10.00. The third-order valence-electron chi connectivity index (χ3n) is 2.33. The topological polar surface area (TPSA) is 104 Å². The Morgan fingerprint density at radius 3 is 2.88 bits per heavy atom. The summed E-state index contributed by atoms with van der Waals surface area (Å²) in [6, 6.07) is 4.51. The number of carboxylic acid groups (broad SMARTS) is 1. The van der Waals surface area contributed by atoms with E-state index in [0.717, 1.165) is 0 Å². The minimum absolute atomic E-state index is 0.280. The molecule has 0 fully saturated rings. The number of oxazole rings is 1. The van der Waals surface area contributed by atoms with Gasteiger partial charge in [-0.2, -0.15) is 0 Å². The van der Waals surface area contributed by atoms with Crippen LogP contribution in [0.25, 0.3) is 11.1 Å². The summed E-state index contributed by atoms with van der Waals surface area (Å²) < 4.78 is 4.80. The van der Waals surface area contributed by atoms with E-state index in [-0.39, 0.29) is 5.58 Å². The number of aliphatic hydroxyl groups excluding tert-OH is 1. The molecule has 0 saturated heterocycles. The maximum absolute atomic E-state index is 10.9. The number of aromatic amines is 1. The molecule has 0 amide bonds. The Bertz CT molecular complexity index is 582. The molecule has 0 saturated carbocycles. The van der Waals surface area contributed by atoms with Gasteiger partial charge in [0.15, 0.2) is 5.58 Å². The second-order valence-electron chi connectivity index (χ2n) is 3.34. The van der Waals surface area contributed by atoms with Crippen molar-refractivity contribution < 1.29 is 19.4 Å². The van der Waals surface area contributed by atoms with E-state index in [9.17, 15) is 9.59 Å². The van der Waals surface area contributed by atoms with E-state index in [2.05, 4.69) is 4.98 Å². The number of benzene rings is 1. The first-order chi connectivity index (χ1) is 7.61. The molecule has 0 spiro atoms. The lowest BCUT2D eigenvalue weighted by Crippen LogP contribution is -2.15. The van der Waals surface area contributed by atoms with Crippen LogP contribution in [0.4, 0.5) is 0 Å². The number of carbonyl (C=O) groups is 1. The van der Waals surface area contributed by atoms with Crippen molar-refractivity contribution in [2.24, 2.45) is 0 Å². The number of H-pyrrole nitrogens is 1. The fourth-order valence-corrected chi connectivity index (χ4v) is 1.50. The normalized spacial score (nSPS) is 12.8. The molecular formula is C10H9NO5. The molecule has 16 heavy (non-hydrogen) atoms. The monoisotopic (exact) mass is 223 g/mol. The van der Waals surface area contributed by atoms with Gasteiger partial charge in [-0.15, -0.1) is 0 Å². The molecule has 1 atom stereocenters. The van der Waals surface area contributed by atoms with Gasteiger partial charge in [0.05, 0.1) is 12.1 Å². The third-order valence-corrected chi connectivity index (χ3v) is 2.33. The first-order valence-electron chi connectivity index (χ1n) is 4.58. The Morgan fingerprint density at radius 1 is 1.50 bits per heavy atom. The van der Waals surface area contributed by atoms with Gasteiger partial charge in [-0.3, -0.25) is 9.78 Å². The van der Waals surface area contributed by atoms with Crippen molar-refractivity contribution in [3.63, 3.8) is 0 Å². The zero-order valence-electron chi connectivity index (χ0n) is 8.14. The van der Waals surface area contributed by atoms with Crippen LogP contribution in [0, 0.1) is 0 Å². The summed E-state index contributed by atoms with van der Waals surface area (Å²) in [6.45, 7) is -0.504. The van der Waals surface area contributed by atoms with Crippen LogP contribution < -0.4 is 5.76 Å². The van der Waals surface area contributed by atoms with E-state index in [1.807, 2.05) is 0 Å². The Kier molecular flexibility index (Phi) is 2.49. The standard InChI is InChI=1S/C10H9NO5/c12-4-6(9(13)14)5-1-2-7-8(3-5)16-10(15)11-7/h1-3,6,12H,4H2,(H,11,15)(H,13,14). The van der Waals surface area contributed by atoms with Gasteiger partial charge in [-0.05, 0) is 17.7 Å². The summed E-state index contributed by atoms with van der Waals surface area (Å²) in [6.07, 6.45) is 0. The van der Waals surface area contributed by atoms with Crippen LogP contribution in [0.5, 0.6) is 0 Å². The molecule has 1 aromatic carbocycles. The highest BCUT2D eigenvalue weighted by Gasteiger charge is 2.19. The van der Waals surface area contributed by atoms with Crippen LogP contribution in [0.3, 0.4) is 0 Å². The van der Waals surface area contributed by atoms with Crippen molar-refractivity contribution in [3.8, 4) is 0 Å². The van der Waals surface area contributed by atoms with E-state index in [1.165, 1.54) is 12.1 Å². The average molecular weight is 223 g/mol. The van der Waals surface area contributed by atoms with Gasteiger partial charge in [0.2, 0.25) is 0 Å². The van der Waals surface area contributed by atoms with E-state index >= 15 is 0 Å². The van der Waals surface area contributed by atoms with Crippen molar-refractivity contribution in [1.29, 1.82) is 0 Å². The molecule has 3 N–H and O–H groups in total. The largest absolute Gasteiger partial charge is 0.481 e. The van der Waals surface area contributed by atoms with Gasteiger partial charge < -0.3 is 14.6 Å². The number of aliphatic hydroxyl groups is 1. The van der Waals surface area contributed by atoms with Gasteiger partial charge in [-0.1, -0.05) is 6.07 Å². The Morgan fingerprint density at radius 2 is 2.25 bits per heavy atom. The van der Waals surface area contributed by atoms with Crippen molar-refractivity contribution in [1.82, 2.24) is 4.98 Å². The van der Waals surface area contributed by atoms with Gasteiger partial charge in [0.25, 0.3) is 0 Å². The number of carboxylic acids is 1. The van der Waals surface area contributed by atoms with Gasteiger partial charge in [-0.25, -0.2) is 4.79 Å². The second-order valence-corrected chi connectivity index (χ2v) is 3.34. The number of hydrogen-bond donors (Lipinski definition) is 3. The first kappa shape index (κ1) is 10.4. The van der Waals surface area contributed by atoms with Gasteiger partial charge >= 0.3 is 11.7 Å². The summed E-state index contributed by atoms with van der Waals surface area (Å²) in [4.78, 5) is 24.1. The van der Waals surface area contributed by atoms with E-state index in [0.29, 0.717) is 11.1 Å². The third kappa shape index (κ3) is 1.70. The van der Waals surface area contributed by atoms with Crippen molar-refractivity contribution in [3.05, 3.63) is 34.3 Å². The fraction of sp³-hybridized carbons (Fsp3) is 0.200. The summed E-state index contributed by atoms with van der Waals surface area (Å²) in [5.41, 5.74) is 1.17. The molecule has 1 heterocycles. The molecule has 0 bridgehead atoms. The summed E-state index contributed by atoms with van der Waals surface area (Å²) in [5.74, 6) is -2.73. The second kappa shape index (κ2) is 3.82. The summed E-state index contributed by atoms with van der Waals surface area (Å²) >= 11 is 0. The predicted octanol–water partition coefficient (Wildman–Crippen LogP) is 0.282. The van der Waals surface area contributed by atoms with Crippen molar-refractivity contribution in [2.45, 2.75) is 5.92 Å². The molecule has 0 radical (unpaired) electrons.